The molecule has 96 valence electrons. The lowest BCUT2D eigenvalue weighted by atomic mass is 10.2. The molecule has 18 heavy (non-hydrogen) atoms. The summed E-state index contributed by atoms with van der Waals surface area (Å²) in [7, 11) is 1.52. The number of methoxy groups -OCH3 is 1. The SMILES string of the molecule is COc1cccc2cc(C(=O)NC(=N)N)oc12.Cl. The van der Waals surface area contributed by atoms with Gasteiger partial charge in [-0.25, -0.2) is 0 Å². The Morgan fingerprint density at radius 1 is 1.50 bits per heavy atom. The monoisotopic (exact) mass is 269 g/mol. The minimum atomic E-state index is -0.559. The number of amides is 1. The normalized spacial score (nSPS) is 9.61. The highest BCUT2D eigenvalue weighted by Gasteiger charge is 2.14. The third kappa shape index (κ3) is 2.54. The lowest BCUT2D eigenvalue weighted by Gasteiger charge is -1.99. The number of hydrogen-bond acceptors (Lipinski definition) is 4. The van der Waals surface area contributed by atoms with Gasteiger partial charge in [0.25, 0.3) is 5.91 Å². The number of para-hydroxylation sites is 1. The first-order valence-corrected chi connectivity index (χ1v) is 4.83. The van der Waals surface area contributed by atoms with Crippen molar-refractivity contribution in [1.82, 2.24) is 5.32 Å². The molecule has 1 aromatic heterocycles. The number of benzene rings is 1. The molecule has 6 nitrogen and oxygen atoms in total. The maximum Gasteiger partial charge on any atom is 0.293 e. The van der Waals surface area contributed by atoms with E-state index in [-0.39, 0.29) is 18.2 Å². The first-order chi connectivity index (χ1) is 8.11. The van der Waals surface area contributed by atoms with Crippen molar-refractivity contribution in [2.45, 2.75) is 0 Å². The smallest absolute Gasteiger partial charge is 0.293 e. The molecule has 0 saturated carbocycles. The second-order valence-corrected chi connectivity index (χ2v) is 3.36. The van der Waals surface area contributed by atoms with Gasteiger partial charge in [0.2, 0.25) is 0 Å². The Bertz CT molecular complexity index is 594. The van der Waals surface area contributed by atoms with E-state index in [1.54, 1.807) is 24.3 Å². The van der Waals surface area contributed by atoms with Crippen LogP contribution >= 0.6 is 12.4 Å². The molecule has 1 aromatic carbocycles. The molecule has 0 fully saturated rings. The summed E-state index contributed by atoms with van der Waals surface area (Å²) in [6, 6.07) is 6.89. The van der Waals surface area contributed by atoms with Crippen LogP contribution < -0.4 is 15.8 Å². The van der Waals surface area contributed by atoms with Crippen molar-refractivity contribution in [3.63, 3.8) is 0 Å². The van der Waals surface area contributed by atoms with Crippen molar-refractivity contribution in [2.24, 2.45) is 5.73 Å². The Labute approximate surface area is 109 Å². The molecule has 4 N–H and O–H groups in total. The van der Waals surface area contributed by atoms with Gasteiger partial charge >= 0.3 is 0 Å². The Morgan fingerprint density at radius 2 is 2.22 bits per heavy atom. The van der Waals surface area contributed by atoms with E-state index < -0.39 is 11.9 Å². The van der Waals surface area contributed by atoms with Gasteiger partial charge in [-0.05, 0) is 12.1 Å². The lowest BCUT2D eigenvalue weighted by Crippen LogP contribution is -2.35. The average Bonchev–Trinajstić information content (AvgIpc) is 2.71. The molecule has 0 aliphatic rings. The summed E-state index contributed by atoms with van der Waals surface area (Å²) in [6.45, 7) is 0. The summed E-state index contributed by atoms with van der Waals surface area (Å²) in [4.78, 5) is 11.6. The Hall–Kier alpha value is -2.21. The molecule has 7 heteroatoms. The summed E-state index contributed by atoms with van der Waals surface area (Å²) >= 11 is 0. The van der Waals surface area contributed by atoms with E-state index in [0.717, 1.165) is 5.39 Å². The first-order valence-electron chi connectivity index (χ1n) is 4.83. The molecule has 0 saturated heterocycles. The second kappa shape index (κ2) is 5.42. The van der Waals surface area contributed by atoms with E-state index in [4.69, 9.17) is 20.3 Å². The van der Waals surface area contributed by atoms with Gasteiger partial charge in [0.15, 0.2) is 23.1 Å². The fourth-order valence-electron chi connectivity index (χ4n) is 1.49. The number of carbonyl (C=O) groups excluding carboxylic acids is 1. The van der Waals surface area contributed by atoms with Crippen LogP contribution in [0.3, 0.4) is 0 Å². The van der Waals surface area contributed by atoms with Gasteiger partial charge in [0.05, 0.1) is 7.11 Å². The zero-order valence-electron chi connectivity index (χ0n) is 9.52. The fourth-order valence-corrected chi connectivity index (χ4v) is 1.49. The number of nitrogens with two attached hydrogens (primary N) is 1. The predicted molar refractivity (Wildman–Crippen MR) is 69.4 cm³/mol. The fraction of sp³-hybridized carbons (Fsp3) is 0.0909. The number of fused-ring (bicyclic) bond motifs is 1. The van der Waals surface area contributed by atoms with Crippen LogP contribution in [0.25, 0.3) is 11.0 Å². The summed E-state index contributed by atoms with van der Waals surface area (Å²) in [5.41, 5.74) is 5.56. The number of nitrogens with one attached hydrogen (secondary N) is 2. The molecule has 2 aromatic rings. The summed E-state index contributed by atoms with van der Waals surface area (Å²) < 4.78 is 10.5. The van der Waals surface area contributed by atoms with Gasteiger partial charge in [-0.1, -0.05) is 12.1 Å². The zero-order valence-corrected chi connectivity index (χ0v) is 10.3. The van der Waals surface area contributed by atoms with Gasteiger partial charge in [0, 0.05) is 5.39 Å². The first kappa shape index (κ1) is 13.9. The molecule has 1 amide bonds. The van der Waals surface area contributed by atoms with Crippen LogP contribution in [-0.4, -0.2) is 19.0 Å². The van der Waals surface area contributed by atoms with Gasteiger partial charge < -0.3 is 14.9 Å². The summed E-state index contributed by atoms with van der Waals surface area (Å²) in [5.74, 6) is -0.359. The van der Waals surface area contributed by atoms with E-state index >= 15 is 0 Å². The van der Waals surface area contributed by atoms with Gasteiger partial charge in [0.1, 0.15) is 0 Å². The van der Waals surface area contributed by atoms with Crippen LogP contribution in [0.2, 0.25) is 0 Å². The van der Waals surface area contributed by atoms with Crippen LogP contribution in [0, 0.1) is 5.41 Å². The number of guanidine groups is 1. The molecule has 0 spiro atoms. The minimum absolute atomic E-state index is 0. The van der Waals surface area contributed by atoms with Gasteiger partial charge in [-0.2, -0.15) is 0 Å². The van der Waals surface area contributed by atoms with E-state index in [2.05, 4.69) is 5.32 Å². The van der Waals surface area contributed by atoms with Crippen LogP contribution in [0.1, 0.15) is 10.6 Å². The number of furan rings is 1. The summed E-state index contributed by atoms with van der Waals surface area (Å²) in [5, 5.41) is 9.86. The number of rotatable bonds is 2. The largest absolute Gasteiger partial charge is 0.493 e. The van der Waals surface area contributed by atoms with Crippen LogP contribution in [0.15, 0.2) is 28.7 Å². The van der Waals surface area contributed by atoms with Gasteiger partial charge in [-0.15, -0.1) is 12.4 Å². The standard InChI is InChI=1S/C11H11N3O3.ClH/c1-16-7-4-2-3-6-5-8(17-9(6)7)10(15)14-11(12)13;/h2-5H,1H3,(H4,12,13,14,15);1H. The molecule has 0 unspecified atom stereocenters. The molecule has 2 rings (SSSR count). The van der Waals surface area contributed by atoms with Crippen molar-refractivity contribution < 1.29 is 13.9 Å². The van der Waals surface area contributed by atoms with Crippen molar-refractivity contribution in [3.8, 4) is 5.75 Å². The quantitative estimate of drug-likeness (QED) is 0.568. The van der Waals surface area contributed by atoms with E-state index in [1.165, 1.54) is 7.11 Å². The van der Waals surface area contributed by atoms with Crippen molar-refractivity contribution in [3.05, 3.63) is 30.0 Å². The third-order valence-corrected chi connectivity index (χ3v) is 2.20. The Kier molecular flexibility index (Phi) is 4.17. The Morgan fingerprint density at radius 3 is 2.83 bits per heavy atom. The molecule has 0 aliphatic heterocycles. The number of ether oxygens (including phenoxy) is 1. The number of hydrogen-bond donors (Lipinski definition) is 3. The number of carbonyl (C=O) groups is 1. The predicted octanol–water partition coefficient (Wildman–Crippen LogP) is 1.49. The van der Waals surface area contributed by atoms with Gasteiger partial charge in [-0.3, -0.25) is 15.5 Å². The third-order valence-electron chi connectivity index (χ3n) is 2.20. The Balaban J connectivity index is 0.00000162. The molecule has 0 bridgehead atoms. The van der Waals surface area contributed by atoms with Crippen LogP contribution in [-0.2, 0) is 0 Å². The van der Waals surface area contributed by atoms with E-state index in [9.17, 15) is 4.79 Å². The molecule has 0 aliphatic carbocycles. The lowest BCUT2D eigenvalue weighted by molar-refractivity contribution is 0.0951. The van der Waals surface area contributed by atoms with E-state index in [0.29, 0.717) is 11.3 Å². The van der Waals surface area contributed by atoms with Crippen LogP contribution in [0.5, 0.6) is 5.75 Å². The zero-order chi connectivity index (χ0) is 12.4. The minimum Gasteiger partial charge on any atom is -0.493 e. The molecule has 1 heterocycles. The highest BCUT2D eigenvalue weighted by molar-refractivity contribution is 6.05. The topological polar surface area (TPSA) is 101 Å². The summed E-state index contributed by atoms with van der Waals surface area (Å²) in [6.07, 6.45) is 0. The highest BCUT2D eigenvalue weighted by Crippen LogP contribution is 2.28. The molecular formula is C11H12ClN3O3. The van der Waals surface area contributed by atoms with Crippen molar-refractivity contribution >= 4 is 35.2 Å². The van der Waals surface area contributed by atoms with E-state index in [1.807, 2.05) is 0 Å². The molecule has 0 atom stereocenters. The number of halogens is 1. The average molecular weight is 270 g/mol. The second-order valence-electron chi connectivity index (χ2n) is 3.36. The molecule has 0 radical (unpaired) electrons. The highest BCUT2D eigenvalue weighted by atomic mass is 35.5. The maximum absolute atomic E-state index is 11.6. The van der Waals surface area contributed by atoms with Crippen LogP contribution in [0.4, 0.5) is 0 Å². The molecular weight excluding hydrogens is 258 g/mol. The maximum atomic E-state index is 11.6. The van der Waals surface area contributed by atoms with Crippen molar-refractivity contribution in [1.29, 1.82) is 5.41 Å². The van der Waals surface area contributed by atoms with Crippen molar-refractivity contribution in [2.75, 3.05) is 7.11 Å².